The minimum Gasteiger partial charge on any atom is -0.508 e. The van der Waals surface area contributed by atoms with E-state index in [2.05, 4.69) is 0 Å². The zero-order chi connectivity index (χ0) is 13.1. The number of hydrogen-bond donors (Lipinski definition) is 2. The van der Waals surface area contributed by atoms with Gasteiger partial charge in [0.05, 0.1) is 5.56 Å². The highest BCUT2D eigenvalue weighted by molar-refractivity contribution is 6.15. The smallest absolute Gasteiger partial charge is 0.249 e. The van der Waals surface area contributed by atoms with Crippen molar-refractivity contribution in [3.05, 3.63) is 65.2 Å². The second kappa shape index (κ2) is 4.71. The molecule has 90 valence electrons. The van der Waals surface area contributed by atoms with Crippen molar-refractivity contribution in [2.24, 2.45) is 5.73 Å². The zero-order valence-corrected chi connectivity index (χ0v) is 9.46. The molecule has 2 rings (SSSR count). The maximum Gasteiger partial charge on any atom is 0.249 e. The summed E-state index contributed by atoms with van der Waals surface area (Å²) in [6.45, 7) is 0. The first-order chi connectivity index (χ1) is 8.59. The number of phenols is 1. The Morgan fingerprint density at radius 3 is 2.00 bits per heavy atom. The molecule has 0 aliphatic heterocycles. The lowest BCUT2D eigenvalue weighted by Crippen LogP contribution is -2.16. The van der Waals surface area contributed by atoms with Gasteiger partial charge in [0.15, 0.2) is 5.78 Å². The van der Waals surface area contributed by atoms with Crippen LogP contribution in [-0.2, 0) is 0 Å². The van der Waals surface area contributed by atoms with Crippen molar-refractivity contribution >= 4 is 11.7 Å². The van der Waals surface area contributed by atoms with Crippen LogP contribution in [-0.4, -0.2) is 16.8 Å². The van der Waals surface area contributed by atoms with Gasteiger partial charge in [0, 0.05) is 11.1 Å². The molecular weight excluding hydrogens is 230 g/mol. The molecule has 0 aliphatic rings. The van der Waals surface area contributed by atoms with Crippen LogP contribution < -0.4 is 5.73 Å². The molecule has 4 heteroatoms. The maximum atomic E-state index is 12.2. The van der Waals surface area contributed by atoms with E-state index in [4.69, 9.17) is 10.8 Å². The number of hydrogen-bond acceptors (Lipinski definition) is 3. The molecule has 0 bridgehead atoms. The number of ketones is 1. The van der Waals surface area contributed by atoms with Crippen LogP contribution >= 0.6 is 0 Å². The molecule has 1 amide bonds. The van der Waals surface area contributed by atoms with Crippen LogP contribution in [0.4, 0.5) is 0 Å². The summed E-state index contributed by atoms with van der Waals surface area (Å²) in [5.74, 6) is -0.864. The van der Waals surface area contributed by atoms with E-state index in [-0.39, 0.29) is 22.7 Å². The molecule has 0 aromatic heterocycles. The topological polar surface area (TPSA) is 80.4 Å². The van der Waals surface area contributed by atoms with Crippen molar-refractivity contribution in [1.82, 2.24) is 0 Å². The number of amides is 1. The summed E-state index contributed by atoms with van der Waals surface area (Å²) in [6, 6.07) is 12.2. The molecule has 0 unspecified atom stereocenters. The number of nitrogens with two attached hydrogens (primary N) is 1. The van der Waals surface area contributed by atoms with Crippen LogP contribution in [0, 0.1) is 0 Å². The van der Waals surface area contributed by atoms with Gasteiger partial charge in [-0.05, 0) is 30.3 Å². The number of carbonyl (C=O) groups excluding carboxylic acids is 2. The maximum absolute atomic E-state index is 12.2. The molecule has 18 heavy (non-hydrogen) atoms. The summed E-state index contributed by atoms with van der Waals surface area (Å²) in [7, 11) is 0. The Labute approximate surface area is 104 Å². The third-order valence-electron chi connectivity index (χ3n) is 2.57. The van der Waals surface area contributed by atoms with Gasteiger partial charge in [-0.15, -0.1) is 0 Å². The largest absolute Gasteiger partial charge is 0.508 e. The average molecular weight is 241 g/mol. The number of benzene rings is 2. The minimum absolute atomic E-state index is 0.0785. The molecule has 2 aromatic rings. The second-order valence-corrected chi connectivity index (χ2v) is 3.79. The van der Waals surface area contributed by atoms with Crippen LogP contribution in [0.2, 0.25) is 0 Å². The first kappa shape index (κ1) is 11.9. The fourth-order valence-corrected chi connectivity index (χ4v) is 1.66. The quantitative estimate of drug-likeness (QED) is 0.803. The molecule has 0 fully saturated rings. The molecule has 0 spiro atoms. The van der Waals surface area contributed by atoms with Gasteiger partial charge < -0.3 is 10.8 Å². The molecular formula is C14H11NO3. The summed E-state index contributed by atoms with van der Waals surface area (Å²) in [4.78, 5) is 23.4. The molecule has 0 aliphatic carbocycles. The van der Waals surface area contributed by atoms with Crippen LogP contribution in [0.1, 0.15) is 26.3 Å². The Morgan fingerprint density at radius 1 is 0.889 bits per heavy atom. The van der Waals surface area contributed by atoms with E-state index in [1.54, 1.807) is 18.2 Å². The highest BCUT2D eigenvalue weighted by atomic mass is 16.3. The van der Waals surface area contributed by atoms with Gasteiger partial charge >= 0.3 is 0 Å². The minimum atomic E-state index is -0.641. The number of carbonyl (C=O) groups is 2. The Balaban J connectivity index is 2.46. The van der Waals surface area contributed by atoms with Crippen LogP contribution in [0.15, 0.2) is 48.5 Å². The molecule has 0 saturated heterocycles. The van der Waals surface area contributed by atoms with Gasteiger partial charge in [-0.25, -0.2) is 0 Å². The van der Waals surface area contributed by atoms with Crippen molar-refractivity contribution in [2.75, 3.05) is 0 Å². The zero-order valence-electron chi connectivity index (χ0n) is 9.46. The van der Waals surface area contributed by atoms with Crippen molar-refractivity contribution < 1.29 is 14.7 Å². The van der Waals surface area contributed by atoms with Gasteiger partial charge in [-0.3, -0.25) is 9.59 Å². The SMILES string of the molecule is NC(=O)c1ccccc1C(=O)c1ccc(O)cc1. The predicted octanol–water partition coefficient (Wildman–Crippen LogP) is 1.72. The molecule has 3 N–H and O–H groups in total. The van der Waals surface area contributed by atoms with E-state index < -0.39 is 5.91 Å². The summed E-state index contributed by atoms with van der Waals surface area (Å²) >= 11 is 0. The summed E-state index contributed by atoms with van der Waals surface area (Å²) in [5.41, 5.74) is 6.06. The van der Waals surface area contributed by atoms with Gasteiger partial charge in [-0.1, -0.05) is 18.2 Å². The van der Waals surface area contributed by atoms with E-state index in [1.165, 1.54) is 30.3 Å². The molecule has 4 nitrogen and oxygen atoms in total. The highest BCUT2D eigenvalue weighted by Gasteiger charge is 2.15. The average Bonchev–Trinajstić information content (AvgIpc) is 2.39. The lowest BCUT2D eigenvalue weighted by atomic mass is 9.98. The molecule has 0 saturated carbocycles. The number of aromatic hydroxyl groups is 1. The first-order valence-corrected chi connectivity index (χ1v) is 5.32. The van der Waals surface area contributed by atoms with Crippen LogP contribution in [0.25, 0.3) is 0 Å². The summed E-state index contributed by atoms with van der Waals surface area (Å²) in [5, 5.41) is 9.17. The van der Waals surface area contributed by atoms with Gasteiger partial charge in [0.2, 0.25) is 5.91 Å². The molecule has 0 heterocycles. The van der Waals surface area contributed by atoms with E-state index >= 15 is 0 Å². The molecule has 2 aromatic carbocycles. The molecule has 0 radical (unpaired) electrons. The molecule has 0 atom stereocenters. The van der Waals surface area contributed by atoms with Crippen LogP contribution in [0.3, 0.4) is 0 Å². The van der Waals surface area contributed by atoms with Gasteiger partial charge in [-0.2, -0.15) is 0 Å². The fourth-order valence-electron chi connectivity index (χ4n) is 1.66. The fraction of sp³-hybridized carbons (Fsp3) is 0. The van der Waals surface area contributed by atoms with Crippen molar-refractivity contribution in [1.29, 1.82) is 0 Å². The van der Waals surface area contributed by atoms with Crippen molar-refractivity contribution in [3.8, 4) is 5.75 Å². The lowest BCUT2D eigenvalue weighted by Gasteiger charge is -2.05. The van der Waals surface area contributed by atoms with Crippen molar-refractivity contribution in [2.45, 2.75) is 0 Å². The third-order valence-corrected chi connectivity index (χ3v) is 2.57. The Hall–Kier alpha value is -2.62. The highest BCUT2D eigenvalue weighted by Crippen LogP contribution is 2.16. The van der Waals surface area contributed by atoms with Gasteiger partial charge in [0.1, 0.15) is 5.75 Å². The standard InChI is InChI=1S/C14H11NO3/c15-14(18)12-4-2-1-3-11(12)13(17)9-5-7-10(16)8-6-9/h1-8,16H,(H2,15,18). The first-order valence-electron chi connectivity index (χ1n) is 5.32. The van der Waals surface area contributed by atoms with Crippen molar-refractivity contribution in [3.63, 3.8) is 0 Å². The summed E-state index contributed by atoms with van der Waals surface area (Å²) < 4.78 is 0. The number of phenolic OH excluding ortho intramolecular Hbond substituents is 1. The van der Waals surface area contributed by atoms with Crippen LogP contribution in [0.5, 0.6) is 5.75 Å². The van der Waals surface area contributed by atoms with E-state index in [0.717, 1.165) is 0 Å². The summed E-state index contributed by atoms with van der Waals surface area (Å²) in [6.07, 6.45) is 0. The number of rotatable bonds is 3. The van der Waals surface area contributed by atoms with E-state index in [9.17, 15) is 9.59 Å². The second-order valence-electron chi connectivity index (χ2n) is 3.79. The normalized spacial score (nSPS) is 10.0. The van der Waals surface area contributed by atoms with E-state index in [0.29, 0.717) is 5.56 Å². The predicted molar refractivity (Wildman–Crippen MR) is 66.5 cm³/mol. The Bertz CT molecular complexity index is 603. The Kier molecular flexibility index (Phi) is 3.10. The van der Waals surface area contributed by atoms with E-state index in [1.807, 2.05) is 0 Å². The third kappa shape index (κ3) is 2.22. The Morgan fingerprint density at radius 2 is 1.44 bits per heavy atom. The number of primary amides is 1. The van der Waals surface area contributed by atoms with Gasteiger partial charge in [0.25, 0.3) is 0 Å². The lowest BCUT2D eigenvalue weighted by molar-refractivity contribution is 0.0981. The monoisotopic (exact) mass is 241 g/mol.